The van der Waals surface area contributed by atoms with Crippen LogP contribution in [0.5, 0.6) is 0 Å². The summed E-state index contributed by atoms with van der Waals surface area (Å²) in [4.78, 5) is 13.5. The molecule has 6 aromatic rings. The minimum absolute atomic E-state index is 0.573. The molecule has 0 atom stereocenters. The third kappa shape index (κ3) is 5.64. The van der Waals surface area contributed by atoms with Gasteiger partial charge in [-0.05, 0) is 97.1 Å². The summed E-state index contributed by atoms with van der Waals surface area (Å²) in [6, 6.07) is 42.6. The Morgan fingerprint density at radius 2 is 0.773 bits per heavy atom. The molecule has 44 heavy (non-hydrogen) atoms. The zero-order valence-electron chi connectivity index (χ0n) is 23.0. The van der Waals surface area contributed by atoms with Crippen LogP contribution in [0.3, 0.4) is 0 Å². The van der Waals surface area contributed by atoms with Crippen LogP contribution in [0, 0.1) is 35.8 Å². The number of hydrogen-bond acceptors (Lipinski definition) is 6. The normalized spacial score (nSPS) is 10.2. The predicted octanol–water partition coefficient (Wildman–Crippen LogP) is 11.3. The van der Waals surface area contributed by atoms with Gasteiger partial charge in [0.15, 0.2) is 11.4 Å². The topological polar surface area (TPSA) is 62.8 Å². The summed E-state index contributed by atoms with van der Waals surface area (Å²) in [6.07, 6.45) is 0. The zero-order chi connectivity index (χ0) is 30.5. The van der Waals surface area contributed by atoms with Crippen LogP contribution in [0.4, 0.5) is 44.1 Å². The van der Waals surface area contributed by atoms with Gasteiger partial charge in [-0.1, -0.05) is 24.3 Å². The molecule has 0 unspecified atom stereocenters. The number of nitrogens with zero attached hydrogens (tertiary/aromatic N) is 6. The van der Waals surface area contributed by atoms with E-state index in [0.717, 1.165) is 42.5 Å². The maximum absolute atomic E-state index is 9.30. The minimum Gasteiger partial charge on any atom is -0.302 e. The SMILES string of the molecule is [C-]#[N+]c1ccc(N(c2ccc([N+]#[C-])cc2)c2ccc(-c3ccc(N(c4ccc(C#N)cc4)c4ccc(C#N)cc4)s3)s2)cc1. The largest absolute Gasteiger partial charge is 0.302 e. The fraction of sp³-hybridized carbons (Fsp3) is 0. The second-order valence-corrected chi connectivity index (χ2v) is 11.6. The predicted molar refractivity (Wildman–Crippen MR) is 179 cm³/mol. The summed E-state index contributed by atoms with van der Waals surface area (Å²) in [5, 5.41) is 20.6. The third-order valence-electron chi connectivity index (χ3n) is 6.85. The molecule has 0 aliphatic rings. The molecule has 6 rings (SSSR count). The van der Waals surface area contributed by atoms with E-state index in [0.29, 0.717) is 22.5 Å². The molecule has 0 saturated heterocycles. The van der Waals surface area contributed by atoms with Crippen LogP contribution < -0.4 is 9.80 Å². The van der Waals surface area contributed by atoms with Gasteiger partial charge >= 0.3 is 0 Å². The van der Waals surface area contributed by atoms with Gasteiger partial charge in [0, 0.05) is 32.5 Å². The molecular weight excluding hydrogens is 581 g/mol. The Morgan fingerprint density at radius 3 is 1.07 bits per heavy atom. The molecule has 0 spiro atoms. The maximum atomic E-state index is 9.30. The first-order valence-corrected chi connectivity index (χ1v) is 15.0. The Hall–Kier alpha value is -6.16. The van der Waals surface area contributed by atoms with E-state index >= 15 is 0 Å². The van der Waals surface area contributed by atoms with Gasteiger partial charge in [-0.2, -0.15) is 10.5 Å². The molecule has 0 fully saturated rings. The smallest absolute Gasteiger partial charge is 0.187 e. The zero-order valence-corrected chi connectivity index (χ0v) is 24.7. The lowest BCUT2D eigenvalue weighted by Crippen LogP contribution is -2.08. The minimum atomic E-state index is 0.573. The van der Waals surface area contributed by atoms with E-state index in [1.807, 2.05) is 72.8 Å². The number of thiophene rings is 2. The molecule has 0 radical (unpaired) electrons. The summed E-state index contributed by atoms with van der Waals surface area (Å²) < 4.78 is 0. The molecule has 6 nitrogen and oxygen atoms in total. The Bertz CT molecular complexity index is 1830. The van der Waals surface area contributed by atoms with Crippen molar-refractivity contribution in [2.45, 2.75) is 0 Å². The van der Waals surface area contributed by atoms with Crippen molar-refractivity contribution in [3.8, 4) is 21.9 Å². The number of benzene rings is 4. The molecule has 2 aromatic heterocycles. The summed E-state index contributed by atoms with van der Waals surface area (Å²) in [7, 11) is 0. The summed E-state index contributed by atoms with van der Waals surface area (Å²) in [6.45, 7) is 14.7. The van der Waals surface area contributed by atoms with Gasteiger partial charge in [0.1, 0.15) is 10.0 Å². The van der Waals surface area contributed by atoms with E-state index in [4.69, 9.17) is 13.1 Å². The molecule has 0 N–H and O–H groups in total. The van der Waals surface area contributed by atoms with Gasteiger partial charge in [-0.15, -0.1) is 22.7 Å². The summed E-state index contributed by atoms with van der Waals surface area (Å²) in [5.41, 5.74) is 5.97. The lowest BCUT2D eigenvalue weighted by Gasteiger charge is -2.24. The number of rotatable bonds is 7. The van der Waals surface area contributed by atoms with Crippen molar-refractivity contribution in [2.75, 3.05) is 9.80 Å². The van der Waals surface area contributed by atoms with Crippen molar-refractivity contribution in [1.82, 2.24) is 0 Å². The van der Waals surface area contributed by atoms with E-state index < -0.39 is 0 Å². The highest BCUT2D eigenvalue weighted by Gasteiger charge is 2.19. The van der Waals surface area contributed by atoms with Crippen molar-refractivity contribution in [3.05, 3.63) is 155 Å². The summed E-state index contributed by atoms with van der Waals surface area (Å²) >= 11 is 3.31. The Kier molecular flexibility index (Phi) is 7.87. The quantitative estimate of drug-likeness (QED) is 0.171. The van der Waals surface area contributed by atoms with Gasteiger partial charge in [-0.3, -0.25) is 0 Å². The van der Waals surface area contributed by atoms with E-state index in [1.165, 1.54) is 0 Å². The highest BCUT2D eigenvalue weighted by molar-refractivity contribution is 7.26. The summed E-state index contributed by atoms with van der Waals surface area (Å²) in [5.74, 6) is 0. The van der Waals surface area contributed by atoms with Crippen molar-refractivity contribution < 1.29 is 0 Å². The van der Waals surface area contributed by atoms with E-state index in [-0.39, 0.29) is 0 Å². The van der Waals surface area contributed by atoms with Crippen LogP contribution in [-0.2, 0) is 0 Å². The second kappa shape index (κ2) is 12.4. The molecule has 0 aliphatic heterocycles. The molecule has 0 bridgehead atoms. The average molecular weight is 601 g/mol. The van der Waals surface area contributed by atoms with Crippen LogP contribution in [0.1, 0.15) is 11.1 Å². The molecule has 0 aliphatic carbocycles. The van der Waals surface area contributed by atoms with Gasteiger partial charge in [0.2, 0.25) is 0 Å². The Morgan fingerprint density at radius 1 is 0.455 bits per heavy atom. The van der Waals surface area contributed by atoms with E-state index in [2.05, 4.69) is 55.9 Å². The average Bonchev–Trinajstić information content (AvgIpc) is 3.77. The van der Waals surface area contributed by atoms with Crippen LogP contribution >= 0.6 is 22.7 Å². The highest BCUT2D eigenvalue weighted by atomic mass is 32.1. The van der Waals surface area contributed by atoms with E-state index in [9.17, 15) is 10.5 Å². The standard InChI is InChI=1S/C36H20N6S2/c1-39-27-7-15-31(16-8-27)42(32-17-9-28(40-2)10-18-32)36-22-20-34(44-36)33-19-21-35(43-33)41(29-11-3-25(23-37)4-12-29)30-13-5-26(24-38)6-14-30/h3-22H. The van der Waals surface area contributed by atoms with Crippen molar-refractivity contribution in [2.24, 2.45) is 0 Å². The molecular formula is C36H20N6S2. The van der Waals surface area contributed by atoms with Gasteiger partial charge in [0.25, 0.3) is 0 Å². The number of hydrogen-bond donors (Lipinski definition) is 0. The lowest BCUT2D eigenvalue weighted by atomic mass is 10.1. The molecule has 0 saturated carbocycles. The lowest BCUT2D eigenvalue weighted by molar-refractivity contribution is 1.31. The molecule has 206 valence electrons. The first-order valence-electron chi connectivity index (χ1n) is 13.4. The van der Waals surface area contributed by atoms with Crippen molar-refractivity contribution in [3.63, 3.8) is 0 Å². The number of nitriles is 2. The van der Waals surface area contributed by atoms with Crippen LogP contribution in [0.25, 0.3) is 19.4 Å². The van der Waals surface area contributed by atoms with Gasteiger partial charge in [0.05, 0.1) is 36.4 Å². The molecule has 4 aromatic carbocycles. The highest BCUT2D eigenvalue weighted by Crippen LogP contribution is 2.47. The maximum Gasteiger partial charge on any atom is 0.187 e. The fourth-order valence-electron chi connectivity index (χ4n) is 4.69. The van der Waals surface area contributed by atoms with Crippen molar-refractivity contribution >= 4 is 66.8 Å². The van der Waals surface area contributed by atoms with Crippen LogP contribution in [0.2, 0.25) is 0 Å². The first-order chi connectivity index (χ1) is 21.6. The third-order valence-corrected chi connectivity index (χ3v) is 9.19. The number of anilines is 6. The van der Waals surface area contributed by atoms with Gasteiger partial charge in [-0.25, -0.2) is 9.69 Å². The molecule has 8 heteroatoms. The fourth-order valence-corrected chi connectivity index (χ4v) is 6.88. The second-order valence-electron chi connectivity index (χ2n) is 9.52. The van der Waals surface area contributed by atoms with Gasteiger partial charge < -0.3 is 9.80 Å². The van der Waals surface area contributed by atoms with Crippen LogP contribution in [-0.4, -0.2) is 0 Å². The van der Waals surface area contributed by atoms with Crippen LogP contribution in [0.15, 0.2) is 121 Å². The first kappa shape index (κ1) is 28.0. The van der Waals surface area contributed by atoms with Crippen molar-refractivity contribution in [1.29, 1.82) is 10.5 Å². The monoisotopic (exact) mass is 600 g/mol. The molecule has 2 heterocycles. The van der Waals surface area contributed by atoms with E-state index in [1.54, 1.807) is 46.9 Å². The Balaban J connectivity index is 1.38. The Labute approximate surface area is 263 Å². The molecule has 0 amide bonds.